The van der Waals surface area contributed by atoms with E-state index in [1.807, 2.05) is 59.9 Å². The maximum absolute atomic E-state index is 9.56. The molecule has 4 nitrogen and oxygen atoms in total. The highest BCUT2D eigenvalue weighted by molar-refractivity contribution is 7.26. The van der Waals surface area contributed by atoms with Crippen molar-refractivity contribution in [2.45, 2.75) is 51.4 Å². The third-order valence-corrected chi connectivity index (χ3v) is 11.1. The van der Waals surface area contributed by atoms with Crippen LogP contribution in [0.5, 0.6) is 0 Å². The van der Waals surface area contributed by atoms with Gasteiger partial charge < -0.3 is 0 Å². The number of nitrogens with zero attached hydrogens (tertiary/aromatic N) is 4. The fraction of sp³-hybridized carbons (Fsp3) is 0.282. The minimum atomic E-state index is 0.246. The van der Waals surface area contributed by atoms with Crippen molar-refractivity contribution < 1.29 is 0 Å². The summed E-state index contributed by atoms with van der Waals surface area (Å²) in [6.07, 6.45) is 6.63. The molecular weight excluding hydrogens is 557 g/mol. The number of benzene rings is 4. The Bertz CT molecular complexity index is 2050. The molecule has 4 atom stereocenters. The zero-order chi connectivity index (χ0) is 29.8. The van der Waals surface area contributed by atoms with E-state index in [0.29, 0.717) is 23.0 Å². The number of thiophene rings is 1. The third-order valence-electron chi connectivity index (χ3n) is 9.88. The Balaban J connectivity index is 1.34. The largest absolute Gasteiger partial charge is 0.208 e. The van der Waals surface area contributed by atoms with Crippen LogP contribution in [0.2, 0.25) is 0 Å². The van der Waals surface area contributed by atoms with E-state index in [9.17, 15) is 5.26 Å². The first-order valence-electron chi connectivity index (χ1n) is 15.8. The molecule has 2 aliphatic rings. The van der Waals surface area contributed by atoms with Crippen LogP contribution in [0.4, 0.5) is 0 Å². The Morgan fingerprint density at radius 3 is 2.18 bits per heavy atom. The summed E-state index contributed by atoms with van der Waals surface area (Å²) in [7, 11) is 0. The van der Waals surface area contributed by atoms with Crippen LogP contribution in [-0.4, -0.2) is 15.0 Å². The predicted octanol–water partition coefficient (Wildman–Crippen LogP) is 10.2. The average molecular weight is 591 g/mol. The van der Waals surface area contributed by atoms with Crippen molar-refractivity contribution in [2.75, 3.05) is 0 Å². The lowest BCUT2D eigenvalue weighted by molar-refractivity contribution is 0.0790. The quantitative estimate of drug-likeness (QED) is 0.205. The summed E-state index contributed by atoms with van der Waals surface area (Å²) >= 11 is 1.86. The molecule has 6 aromatic rings. The van der Waals surface area contributed by atoms with E-state index in [1.165, 1.54) is 52.3 Å². The molecule has 0 amide bonds. The van der Waals surface area contributed by atoms with E-state index in [1.54, 1.807) is 11.6 Å². The zero-order valence-electron chi connectivity index (χ0n) is 25.1. The molecule has 2 aliphatic carbocycles. The molecule has 0 N–H and O–H groups in total. The van der Waals surface area contributed by atoms with Crippen molar-refractivity contribution in [3.05, 3.63) is 102 Å². The minimum Gasteiger partial charge on any atom is -0.208 e. The normalized spacial score (nSPS) is 23.1. The van der Waals surface area contributed by atoms with Crippen molar-refractivity contribution in [3.63, 3.8) is 0 Å². The van der Waals surface area contributed by atoms with Gasteiger partial charge in [-0.1, -0.05) is 80.6 Å². The van der Waals surface area contributed by atoms with Crippen LogP contribution in [0.3, 0.4) is 0 Å². The second kappa shape index (κ2) is 10.6. The molecule has 1 unspecified atom stereocenters. The van der Waals surface area contributed by atoms with Gasteiger partial charge in [-0.3, -0.25) is 0 Å². The average Bonchev–Trinajstić information content (AvgIpc) is 3.43. The molecule has 2 saturated carbocycles. The molecule has 5 heteroatoms. The summed E-state index contributed by atoms with van der Waals surface area (Å²) in [5.74, 6) is 4.21. The number of aromatic nitrogens is 3. The van der Waals surface area contributed by atoms with E-state index in [-0.39, 0.29) is 5.41 Å². The van der Waals surface area contributed by atoms with Crippen LogP contribution >= 0.6 is 11.3 Å². The van der Waals surface area contributed by atoms with Gasteiger partial charge >= 0.3 is 0 Å². The van der Waals surface area contributed by atoms with Gasteiger partial charge in [0.15, 0.2) is 17.5 Å². The first kappa shape index (κ1) is 27.2. The number of rotatable bonds is 4. The molecular formula is C39H34N4S. The van der Waals surface area contributed by atoms with Gasteiger partial charge in [0, 0.05) is 36.9 Å². The summed E-state index contributed by atoms with van der Waals surface area (Å²) in [6.45, 7) is 4.94. The molecule has 44 heavy (non-hydrogen) atoms. The van der Waals surface area contributed by atoms with E-state index in [0.717, 1.165) is 34.4 Å². The molecule has 2 fully saturated rings. The van der Waals surface area contributed by atoms with Gasteiger partial charge in [0.05, 0.1) is 11.6 Å². The molecule has 0 radical (unpaired) electrons. The van der Waals surface area contributed by atoms with Crippen LogP contribution < -0.4 is 0 Å². The molecule has 2 bridgehead atoms. The van der Waals surface area contributed by atoms with Crippen LogP contribution in [-0.2, 0) is 5.41 Å². The Morgan fingerprint density at radius 1 is 0.727 bits per heavy atom. The van der Waals surface area contributed by atoms with E-state index < -0.39 is 0 Å². The fourth-order valence-electron chi connectivity index (χ4n) is 8.57. The topological polar surface area (TPSA) is 62.5 Å². The Hall–Kier alpha value is -4.40. The lowest BCUT2D eigenvalue weighted by Crippen LogP contribution is -2.42. The molecule has 0 aliphatic heterocycles. The van der Waals surface area contributed by atoms with E-state index in [4.69, 9.17) is 15.0 Å². The zero-order valence-corrected chi connectivity index (χ0v) is 25.9. The summed E-state index contributed by atoms with van der Waals surface area (Å²) in [4.78, 5) is 15.0. The summed E-state index contributed by atoms with van der Waals surface area (Å²) in [6, 6.07) is 33.4. The summed E-state index contributed by atoms with van der Waals surface area (Å²) in [5.41, 5.74) is 5.15. The van der Waals surface area contributed by atoms with Gasteiger partial charge in [0.1, 0.15) is 0 Å². The molecule has 8 rings (SSSR count). The van der Waals surface area contributed by atoms with Gasteiger partial charge in [-0.15, -0.1) is 11.3 Å². The van der Waals surface area contributed by atoms with Crippen LogP contribution in [0, 0.1) is 29.1 Å². The van der Waals surface area contributed by atoms with Gasteiger partial charge in [-0.05, 0) is 85.1 Å². The van der Waals surface area contributed by atoms with E-state index in [2.05, 4.69) is 56.3 Å². The fourth-order valence-corrected chi connectivity index (χ4v) is 9.81. The van der Waals surface area contributed by atoms with Crippen molar-refractivity contribution in [3.8, 4) is 40.2 Å². The van der Waals surface area contributed by atoms with Crippen LogP contribution in [0.15, 0.2) is 91.0 Å². The second-order valence-corrected chi connectivity index (χ2v) is 14.3. The van der Waals surface area contributed by atoms with Crippen LogP contribution in [0.1, 0.15) is 57.1 Å². The summed E-state index contributed by atoms with van der Waals surface area (Å²) in [5, 5.41) is 12.3. The first-order chi connectivity index (χ1) is 21.5. The Morgan fingerprint density at radius 2 is 1.41 bits per heavy atom. The monoisotopic (exact) mass is 590 g/mol. The van der Waals surface area contributed by atoms with Gasteiger partial charge in [0.2, 0.25) is 0 Å². The lowest BCUT2D eigenvalue weighted by atomic mass is 9.54. The predicted molar refractivity (Wildman–Crippen MR) is 180 cm³/mol. The van der Waals surface area contributed by atoms with Gasteiger partial charge in [0.25, 0.3) is 0 Å². The minimum absolute atomic E-state index is 0.246. The van der Waals surface area contributed by atoms with Gasteiger partial charge in [-0.2, -0.15) is 5.26 Å². The Kier molecular flexibility index (Phi) is 6.57. The summed E-state index contributed by atoms with van der Waals surface area (Å²) < 4.78 is 2.56. The number of fused-ring (bicyclic) bond motifs is 5. The molecule has 4 aromatic carbocycles. The molecule has 0 spiro atoms. The first-order valence-corrected chi connectivity index (χ1v) is 16.6. The standard InChI is InChI=1S/C39H34N4S/c1-24-17-27-18-25(2)21-39(20-24,22-27)32-15-8-16-33-34(32)30-13-7-14-31(35(30)44-33)38-42-36(28-10-4-3-5-11-28)41-37(43-38)29-12-6-9-26(19-29)23-40/h3-16,19,24-25,27H,17-18,20-22H2,1-2H3/t24-,25+,27-,39?. The maximum atomic E-state index is 9.56. The highest BCUT2D eigenvalue weighted by atomic mass is 32.1. The smallest absolute Gasteiger partial charge is 0.165 e. The number of nitriles is 1. The molecule has 2 aromatic heterocycles. The Labute approximate surface area is 262 Å². The van der Waals surface area contributed by atoms with Crippen molar-refractivity contribution >= 4 is 31.5 Å². The number of hydrogen-bond acceptors (Lipinski definition) is 5. The maximum Gasteiger partial charge on any atom is 0.165 e. The lowest BCUT2D eigenvalue weighted by Gasteiger charge is -2.50. The second-order valence-electron chi connectivity index (χ2n) is 13.3. The highest BCUT2D eigenvalue weighted by Gasteiger charge is 2.46. The van der Waals surface area contributed by atoms with Gasteiger partial charge in [-0.25, -0.2) is 15.0 Å². The number of hydrogen-bond donors (Lipinski definition) is 0. The van der Waals surface area contributed by atoms with Crippen molar-refractivity contribution in [1.82, 2.24) is 15.0 Å². The molecule has 216 valence electrons. The molecule has 2 heterocycles. The molecule has 0 saturated heterocycles. The van der Waals surface area contributed by atoms with E-state index >= 15 is 0 Å². The van der Waals surface area contributed by atoms with Crippen molar-refractivity contribution in [2.24, 2.45) is 17.8 Å². The SMILES string of the molecule is C[C@@H]1C[C@@H]2C[C@H](C)CC(c3cccc4sc5c(-c6nc(-c7ccccc7)nc(-c7cccc(C#N)c7)n6)cccc5c34)(C1)C2. The highest BCUT2D eigenvalue weighted by Crippen LogP contribution is 2.56. The van der Waals surface area contributed by atoms with Crippen molar-refractivity contribution in [1.29, 1.82) is 5.26 Å². The van der Waals surface area contributed by atoms with Crippen LogP contribution in [0.25, 0.3) is 54.3 Å². The third kappa shape index (κ3) is 4.60.